The molecule has 25 heavy (non-hydrogen) atoms. The molecule has 0 amide bonds. The molecular formula is C19H22N4O2. The van der Waals surface area contributed by atoms with Gasteiger partial charge in [0.25, 0.3) is 0 Å². The summed E-state index contributed by atoms with van der Waals surface area (Å²) in [7, 11) is 1.68. The first kappa shape index (κ1) is 16.1. The van der Waals surface area contributed by atoms with E-state index in [1.54, 1.807) is 14.0 Å². The number of hydrogen-bond donors (Lipinski definition) is 1. The van der Waals surface area contributed by atoms with Crippen molar-refractivity contribution < 1.29 is 9.84 Å². The van der Waals surface area contributed by atoms with E-state index < -0.39 is 6.10 Å². The highest BCUT2D eigenvalue weighted by molar-refractivity contribution is 5.84. The van der Waals surface area contributed by atoms with Crippen molar-refractivity contribution >= 4 is 10.9 Å². The van der Waals surface area contributed by atoms with Crippen molar-refractivity contribution in [3.63, 3.8) is 0 Å². The van der Waals surface area contributed by atoms with Crippen molar-refractivity contribution in [2.24, 2.45) is 0 Å². The van der Waals surface area contributed by atoms with Gasteiger partial charge in [0.1, 0.15) is 11.3 Å². The van der Waals surface area contributed by atoms with Crippen LogP contribution in [0.25, 0.3) is 10.9 Å². The summed E-state index contributed by atoms with van der Waals surface area (Å²) < 4.78 is 7.43. The molecule has 130 valence electrons. The lowest BCUT2D eigenvalue weighted by atomic mass is 10.1. The molecule has 1 aliphatic heterocycles. The van der Waals surface area contributed by atoms with E-state index in [0.29, 0.717) is 0 Å². The van der Waals surface area contributed by atoms with Gasteiger partial charge in [-0.05, 0) is 25.1 Å². The summed E-state index contributed by atoms with van der Waals surface area (Å²) in [6.45, 7) is 5.09. The van der Waals surface area contributed by atoms with Gasteiger partial charge < -0.3 is 9.84 Å². The molecule has 0 aliphatic carbocycles. The summed E-state index contributed by atoms with van der Waals surface area (Å²) in [6.07, 6.45) is -0.527. The zero-order chi connectivity index (χ0) is 17.4. The van der Waals surface area contributed by atoms with E-state index in [-0.39, 0.29) is 0 Å². The molecule has 0 spiro atoms. The van der Waals surface area contributed by atoms with Crippen LogP contribution >= 0.6 is 0 Å². The van der Waals surface area contributed by atoms with Gasteiger partial charge in [-0.15, -0.1) is 0 Å². The van der Waals surface area contributed by atoms with Crippen LogP contribution in [0.1, 0.15) is 30.1 Å². The number of benzene rings is 1. The number of hydrogen-bond acceptors (Lipinski definition) is 5. The fraction of sp³-hybridized carbons (Fsp3) is 0.368. The number of nitrogens with zero attached hydrogens (tertiary/aromatic N) is 4. The van der Waals surface area contributed by atoms with Gasteiger partial charge in [0.15, 0.2) is 0 Å². The first-order valence-corrected chi connectivity index (χ1v) is 8.54. The number of fused-ring (bicyclic) bond motifs is 2. The molecule has 1 aromatic carbocycles. The van der Waals surface area contributed by atoms with Gasteiger partial charge in [-0.25, -0.2) is 4.98 Å². The molecule has 0 fully saturated rings. The van der Waals surface area contributed by atoms with Crippen molar-refractivity contribution in [3.8, 4) is 5.75 Å². The number of rotatable bonds is 4. The lowest BCUT2D eigenvalue weighted by Gasteiger charge is -2.27. The Hall–Kier alpha value is -2.44. The van der Waals surface area contributed by atoms with Crippen molar-refractivity contribution in [2.45, 2.75) is 32.7 Å². The third kappa shape index (κ3) is 3.10. The molecule has 1 atom stereocenters. The van der Waals surface area contributed by atoms with Crippen LogP contribution in [0.2, 0.25) is 0 Å². The Morgan fingerprint density at radius 1 is 1.24 bits per heavy atom. The van der Waals surface area contributed by atoms with Crippen LogP contribution < -0.4 is 4.74 Å². The van der Waals surface area contributed by atoms with Gasteiger partial charge in [0, 0.05) is 25.0 Å². The second-order valence-electron chi connectivity index (χ2n) is 6.50. The highest BCUT2D eigenvalue weighted by atomic mass is 16.5. The smallest absolute Gasteiger partial charge is 0.145 e. The normalized spacial score (nSPS) is 16.0. The molecule has 6 heteroatoms. The first-order valence-electron chi connectivity index (χ1n) is 8.54. The molecule has 1 aliphatic rings. The molecule has 3 heterocycles. The van der Waals surface area contributed by atoms with Crippen LogP contribution in [0, 0.1) is 0 Å². The van der Waals surface area contributed by atoms with Crippen molar-refractivity contribution in [1.29, 1.82) is 0 Å². The van der Waals surface area contributed by atoms with E-state index >= 15 is 0 Å². The zero-order valence-corrected chi connectivity index (χ0v) is 14.5. The van der Waals surface area contributed by atoms with Crippen LogP contribution in [0.3, 0.4) is 0 Å². The molecule has 6 nitrogen and oxygen atoms in total. The summed E-state index contributed by atoms with van der Waals surface area (Å²) in [4.78, 5) is 7.15. The molecule has 0 radical (unpaired) electrons. The Morgan fingerprint density at radius 2 is 2.12 bits per heavy atom. The molecule has 0 saturated carbocycles. The summed E-state index contributed by atoms with van der Waals surface area (Å²) in [6, 6.07) is 12.1. The van der Waals surface area contributed by atoms with Crippen molar-refractivity contribution in [2.75, 3.05) is 13.7 Å². The van der Waals surface area contributed by atoms with Crippen LogP contribution in [0.4, 0.5) is 0 Å². The van der Waals surface area contributed by atoms with Crippen LogP contribution in [0.15, 0.2) is 36.4 Å². The summed E-state index contributed by atoms with van der Waals surface area (Å²) in [5, 5.41) is 15.3. The van der Waals surface area contributed by atoms with Gasteiger partial charge in [-0.2, -0.15) is 5.10 Å². The second kappa shape index (κ2) is 6.46. The lowest BCUT2D eigenvalue weighted by molar-refractivity contribution is 0.189. The summed E-state index contributed by atoms with van der Waals surface area (Å²) in [5.41, 5.74) is 3.81. The number of ether oxygens (including phenoxy) is 1. The lowest BCUT2D eigenvalue weighted by Crippen LogP contribution is -2.33. The van der Waals surface area contributed by atoms with E-state index in [0.717, 1.165) is 59.9 Å². The monoisotopic (exact) mass is 338 g/mol. The van der Waals surface area contributed by atoms with Crippen LogP contribution in [0.5, 0.6) is 5.75 Å². The fourth-order valence-corrected chi connectivity index (χ4v) is 3.32. The maximum atomic E-state index is 9.71. The SMILES string of the molecule is COc1cccc2ccc(CN3CCn4nc([C@@H](C)O)cc4C3)nc12. The Bertz CT molecular complexity index is 904. The highest BCUT2D eigenvalue weighted by Gasteiger charge is 2.20. The molecule has 0 bridgehead atoms. The Kier molecular flexibility index (Phi) is 4.15. The standard InChI is InChI=1S/C19H22N4O2/c1-13(24)17-10-16-12-22(8-9-23(16)21-17)11-15-7-6-14-4-3-5-18(25-2)19(14)20-15/h3-7,10,13,24H,8-9,11-12H2,1-2H3/t13-/m1/s1. The largest absolute Gasteiger partial charge is 0.494 e. The number of aromatic nitrogens is 3. The topological polar surface area (TPSA) is 63.4 Å². The zero-order valence-electron chi connectivity index (χ0n) is 14.5. The maximum Gasteiger partial charge on any atom is 0.145 e. The van der Waals surface area contributed by atoms with Crippen molar-refractivity contribution in [1.82, 2.24) is 19.7 Å². The van der Waals surface area contributed by atoms with Gasteiger partial charge in [-0.3, -0.25) is 9.58 Å². The van der Waals surface area contributed by atoms with Gasteiger partial charge in [0.2, 0.25) is 0 Å². The Labute approximate surface area is 146 Å². The van der Waals surface area contributed by atoms with Gasteiger partial charge >= 0.3 is 0 Å². The average molecular weight is 338 g/mol. The summed E-state index contributed by atoms with van der Waals surface area (Å²) in [5.74, 6) is 0.803. The van der Waals surface area contributed by atoms with E-state index in [2.05, 4.69) is 22.1 Å². The molecule has 1 N–H and O–H groups in total. The average Bonchev–Trinajstić information content (AvgIpc) is 3.05. The minimum absolute atomic E-state index is 0.527. The predicted octanol–water partition coefficient (Wildman–Crippen LogP) is 2.51. The van der Waals surface area contributed by atoms with Crippen LogP contribution in [-0.4, -0.2) is 38.4 Å². The van der Waals surface area contributed by atoms with E-state index in [4.69, 9.17) is 9.72 Å². The molecule has 3 aromatic rings. The van der Waals surface area contributed by atoms with Gasteiger partial charge in [-0.1, -0.05) is 18.2 Å². The van der Waals surface area contributed by atoms with E-state index in [9.17, 15) is 5.11 Å². The molecular weight excluding hydrogens is 316 g/mol. The molecule has 2 aromatic heterocycles. The number of aliphatic hydroxyl groups is 1. The maximum absolute atomic E-state index is 9.71. The van der Waals surface area contributed by atoms with E-state index in [1.807, 2.05) is 28.9 Å². The minimum atomic E-state index is -0.527. The van der Waals surface area contributed by atoms with Crippen LogP contribution in [-0.2, 0) is 19.6 Å². The number of para-hydroxylation sites is 1. The third-order valence-electron chi connectivity index (χ3n) is 4.67. The second-order valence-corrected chi connectivity index (χ2v) is 6.50. The number of methoxy groups -OCH3 is 1. The highest BCUT2D eigenvalue weighted by Crippen LogP contribution is 2.24. The third-order valence-corrected chi connectivity index (χ3v) is 4.67. The quantitative estimate of drug-likeness (QED) is 0.792. The predicted molar refractivity (Wildman–Crippen MR) is 95.3 cm³/mol. The molecule has 4 rings (SSSR count). The number of aliphatic hydroxyl groups excluding tert-OH is 1. The van der Waals surface area contributed by atoms with E-state index in [1.165, 1.54) is 0 Å². The minimum Gasteiger partial charge on any atom is -0.494 e. The molecule has 0 unspecified atom stereocenters. The number of pyridine rings is 1. The Morgan fingerprint density at radius 3 is 2.92 bits per heavy atom. The molecule has 0 saturated heterocycles. The van der Waals surface area contributed by atoms with Gasteiger partial charge in [0.05, 0.1) is 36.8 Å². The first-order chi connectivity index (χ1) is 12.1. The fourth-order valence-electron chi connectivity index (χ4n) is 3.32. The van der Waals surface area contributed by atoms with Crippen molar-refractivity contribution in [3.05, 3.63) is 53.5 Å². The summed E-state index contributed by atoms with van der Waals surface area (Å²) >= 11 is 0. The Balaban J connectivity index is 1.55.